The molecule has 2 aromatic rings. The van der Waals surface area contributed by atoms with Crippen LogP contribution in [0.4, 0.5) is 8.78 Å². The summed E-state index contributed by atoms with van der Waals surface area (Å²) in [5, 5.41) is 2.62. The van der Waals surface area contributed by atoms with E-state index >= 15 is 0 Å². The van der Waals surface area contributed by atoms with Gasteiger partial charge in [0.25, 0.3) is 5.91 Å². The van der Waals surface area contributed by atoms with Crippen LogP contribution < -0.4 is 5.32 Å². The Morgan fingerprint density at radius 2 is 1.85 bits per heavy atom. The molecule has 1 saturated heterocycles. The van der Waals surface area contributed by atoms with Gasteiger partial charge in [0.05, 0.1) is 4.90 Å². The number of carbonyl (C=O) groups is 1. The Balaban J connectivity index is 1.70. The maximum Gasteiger partial charge on any atom is 0.251 e. The third-order valence-corrected chi connectivity index (χ3v) is 6.60. The SMILES string of the molecule is Cc1ccc(S(=O)(=O)N2CCC[C@@H]2CNC(=O)c2ccc(F)c(F)c2)cc1. The van der Waals surface area contributed by atoms with Crippen molar-refractivity contribution in [2.75, 3.05) is 13.1 Å². The molecule has 1 amide bonds. The lowest BCUT2D eigenvalue weighted by molar-refractivity contribution is 0.0946. The fourth-order valence-corrected chi connectivity index (χ4v) is 4.82. The van der Waals surface area contributed by atoms with Crippen LogP contribution in [-0.2, 0) is 10.0 Å². The lowest BCUT2D eigenvalue weighted by Gasteiger charge is -2.24. The Morgan fingerprint density at radius 3 is 2.52 bits per heavy atom. The van der Waals surface area contributed by atoms with E-state index in [1.165, 1.54) is 10.4 Å². The molecule has 1 atom stereocenters. The summed E-state index contributed by atoms with van der Waals surface area (Å²) in [4.78, 5) is 12.4. The largest absolute Gasteiger partial charge is 0.350 e. The molecule has 1 fully saturated rings. The summed E-state index contributed by atoms with van der Waals surface area (Å²) in [6.07, 6.45) is 1.31. The molecule has 0 saturated carbocycles. The Kier molecular flexibility index (Phi) is 5.57. The average Bonchev–Trinajstić information content (AvgIpc) is 3.12. The smallest absolute Gasteiger partial charge is 0.251 e. The number of nitrogens with zero attached hydrogens (tertiary/aromatic N) is 1. The fourth-order valence-electron chi connectivity index (χ4n) is 3.13. The molecule has 0 spiro atoms. The number of rotatable bonds is 5. The van der Waals surface area contributed by atoms with Crippen molar-refractivity contribution in [2.45, 2.75) is 30.7 Å². The van der Waals surface area contributed by atoms with Gasteiger partial charge in [-0.1, -0.05) is 17.7 Å². The lowest BCUT2D eigenvalue weighted by Crippen LogP contribution is -2.43. The van der Waals surface area contributed by atoms with Crippen LogP contribution in [0, 0.1) is 18.6 Å². The number of hydrogen-bond donors (Lipinski definition) is 1. The standard InChI is InChI=1S/C19H20F2N2O3S/c1-13-4-7-16(8-5-13)27(25,26)23-10-2-3-15(23)12-22-19(24)14-6-9-17(20)18(21)11-14/h4-9,11,15H,2-3,10,12H2,1H3,(H,22,24)/t15-/m1/s1. The predicted octanol–water partition coefficient (Wildman–Crippen LogP) is 2.86. The zero-order valence-corrected chi connectivity index (χ0v) is 15.6. The highest BCUT2D eigenvalue weighted by Gasteiger charge is 2.35. The Labute approximate surface area is 157 Å². The van der Waals surface area contributed by atoms with Gasteiger partial charge in [0.2, 0.25) is 10.0 Å². The quantitative estimate of drug-likeness (QED) is 0.848. The second-order valence-electron chi connectivity index (χ2n) is 6.56. The molecule has 2 aromatic carbocycles. The summed E-state index contributed by atoms with van der Waals surface area (Å²) in [7, 11) is -3.66. The molecule has 0 aromatic heterocycles. The van der Waals surface area contributed by atoms with Gasteiger partial charge >= 0.3 is 0 Å². The van der Waals surface area contributed by atoms with Gasteiger partial charge in [0, 0.05) is 24.7 Å². The number of nitrogens with one attached hydrogen (secondary N) is 1. The number of amides is 1. The summed E-state index contributed by atoms with van der Waals surface area (Å²) in [6, 6.07) is 9.12. The Bertz CT molecular complexity index is 946. The van der Waals surface area contributed by atoms with E-state index in [4.69, 9.17) is 0 Å². The molecule has 0 radical (unpaired) electrons. The lowest BCUT2D eigenvalue weighted by atomic mass is 10.2. The van der Waals surface area contributed by atoms with Crippen LogP contribution in [0.1, 0.15) is 28.8 Å². The first-order valence-corrected chi connectivity index (χ1v) is 10.0. The van der Waals surface area contributed by atoms with Crippen molar-refractivity contribution < 1.29 is 22.0 Å². The summed E-state index contributed by atoms with van der Waals surface area (Å²) >= 11 is 0. The highest BCUT2D eigenvalue weighted by molar-refractivity contribution is 7.89. The van der Waals surface area contributed by atoms with Crippen molar-refractivity contribution in [1.82, 2.24) is 9.62 Å². The summed E-state index contributed by atoms with van der Waals surface area (Å²) < 4.78 is 53.4. The van der Waals surface area contributed by atoms with Gasteiger partial charge in [0.15, 0.2) is 11.6 Å². The summed E-state index contributed by atoms with van der Waals surface area (Å²) in [5.74, 6) is -2.71. The van der Waals surface area contributed by atoms with E-state index in [9.17, 15) is 22.0 Å². The zero-order valence-electron chi connectivity index (χ0n) is 14.8. The predicted molar refractivity (Wildman–Crippen MR) is 96.8 cm³/mol. The van der Waals surface area contributed by atoms with Gasteiger partial charge < -0.3 is 5.32 Å². The van der Waals surface area contributed by atoms with Gasteiger partial charge in [-0.05, 0) is 50.1 Å². The normalized spacial score (nSPS) is 17.8. The van der Waals surface area contributed by atoms with E-state index in [0.29, 0.717) is 19.4 Å². The first-order chi connectivity index (χ1) is 12.8. The van der Waals surface area contributed by atoms with E-state index in [2.05, 4.69) is 5.32 Å². The van der Waals surface area contributed by atoms with Gasteiger partial charge in [0.1, 0.15) is 0 Å². The monoisotopic (exact) mass is 394 g/mol. The van der Waals surface area contributed by atoms with E-state index in [-0.39, 0.29) is 23.0 Å². The number of benzene rings is 2. The van der Waals surface area contributed by atoms with Crippen LogP contribution in [0.2, 0.25) is 0 Å². The molecule has 0 bridgehead atoms. The third kappa shape index (κ3) is 4.17. The highest BCUT2D eigenvalue weighted by Crippen LogP contribution is 2.26. The maximum absolute atomic E-state index is 13.3. The molecule has 0 unspecified atom stereocenters. The van der Waals surface area contributed by atoms with E-state index in [1.807, 2.05) is 6.92 Å². The Morgan fingerprint density at radius 1 is 1.15 bits per heavy atom. The fraction of sp³-hybridized carbons (Fsp3) is 0.316. The van der Waals surface area contributed by atoms with Gasteiger partial charge in [-0.2, -0.15) is 4.31 Å². The number of hydrogen-bond acceptors (Lipinski definition) is 3. The topological polar surface area (TPSA) is 66.5 Å². The number of aryl methyl sites for hydroxylation is 1. The highest BCUT2D eigenvalue weighted by atomic mass is 32.2. The van der Waals surface area contributed by atoms with Crippen LogP contribution >= 0.6 is 0 Å². The number of halogens is 2. The van der Waals surface area contributed by atoms with Gasteiger partial charge in [-0.15, -0.1) is 0 Å². The van der Waals surface area contributed by atoms with E-state index in [1.54, 1.807) is 24.3 Å². The molecule has 1 aliphatic heterocycles. The second kappa shape index (κ2) is 7.74. The van der Waals surface area contributed by atoms with Gasteiger partial charge in [-0.25, -0.2) is 17.2 Å². The van der Waals surface area contributed by atoms with Crippen molar-refractivity contribution in [3.63, 3.8) is 0 Å². The van der Waals surface area contributed by atoms with Crippen molar-refractivity contribution in [3.05, 3.63) is 65.2 Å². The molecule has 0 aliphatic carbocycles. The van der Waals surface area contributed by atoms with Crippen molar-refractivity contribution >= 4 is 15.9 Å². The molecule has 1 aliphatic rings. The molecule has 3 rings (SSSR count). The first kappa shape index (κ1) is 19.4. The van der Waals surface area contributed by atoms with E-state index < -0.39 is 27.6 Å². The average molecular weight is 394 g/mol. The summed E-state index contributed by atoms with van der Waals surface area (Å²) in [6.45, 7) is 2.35. The molecular formula is C19H20F2N2O3S. The Hall–Kier alpha value is -2.32. The summed E-state index contributed by atoms with van der Waals surface area (Å²) in [5.41, 5.74) is 0.950. The van der Waals surface area contributed by atoms with Crippen LogP contribution in [-0.4, -0.2) is 37.8 Å². The van der Waals surface area contributed by atoms with Crippen molar-refractivity contribution in [2.24, 2.45) is 0 Å². The minimum atomic E-state index is -3.66. The van der Waals surface area contributed by atoms with Crippen molar-refractivity contribution in [3.8, 4) is 0 Å². The molecule has 1 N–H and O–H groups in total. The van der Waals surface area contributed by atoms with E-state index in [0.717, 1.165) is 17.7 Å². The molecule has 144 valence electrons. The zero-order chi connectivity index (χ0) is 19.6. The maximum atomic E-state index is 13.3. The van der Waals surface area contributed by atoms with Gasteiger partial charge in [-0.3, -0.25) is 4.79 Å². The molecule has 5 nitrogen and oxygen atoms in total. The molecule has 27 heavy (non-hydrogen) atoms. The van der Waals surface area contributed by atoms with Crippen LogP contribution in [0.5, 0.6) is 0 Å². The minimum Gasteiger partial charge on any atom is -0.350 e. The van der Waals surface area contributed by atoms with Crippen LogP contribution in [0.15, 0.2) is 47.4 Å². The second-order valence-corrected chi connectivity index (χ2v) is 8.45. The first-order valence-electron chi connectivity index (χ1n) is 8.61. The molecule has 8 heteroatoms. The number of sulfonamides is 1. The minimum absolute atomic E-state index is 0.0140. The van der Waals surface area contributed by atoms with Crippen LogP contribution in [0.25, 0.3) is 0 Å². The molecular weight excluding hydrogens is 374 g/mol. The van der Waals surface area contributed by atoms with Crippen molar-refractivity contribution in [1.29, 1.82) is 0 Å². The number of carbonyl (C=O) groups excluding carboxylic acids is 1. The third-order valence-electron chi connectivity index (χ3n) is 4.63. The van der Waals surface area contributed by atoms with Crippen LogP contribution in [0.3, 0.4) is 0 Å². The molecule has 1 heterocycles.